The number of imide groups is 2. The van der Waals surface area contributed by atoms with E-state index in [1.165, 1.54) is 18.2 Å². The van der Waals surface area contributed by atoms with Gasteiger partial charge in [-0.1, -0.05) is 0 Å². The SMILES string of the molecule is O=C(O)CNC(=O)COc1ccc2c(c1)C(=O)N(C1CCC(=O)NC1=O)C2=O. The fourth-order valence-electron chi connectivity index (χ4n) is 2.91. The van der Waals surface area contributed by atoms with E-state index < -0.39 is 54.7 Å². The topological polar surface area (TPSA) is 159 Å². The van der Waals surface area contributed by atoms with E-state index in [0.717, 1.165) is 4.90 Å². The highest BCUT2D eigenvalue weighted by Crippen LogP contribution is 2.30. The number of hydrogen-bond donors (Lipinski definition) is 3. The van der Waals surface area contributed by atoms with E-state index in [1.54, 1.807) is 0 Å². The number of carbonyl (C=O) groups is 6. The Morgan fingerprint density at radius 2 is 1.89 bits per heavy atom. The van der Waals surface area contributed by atoms with Crippen LogP contribution in [0.5, 0.6) is 5.75 Å². The molecule has 11 heteroatoms. The number of benzene rings is 1. The molecule has 3 N–H and O–H groups in total. The Hall–Kier alpha value is -3.76. The monoisotopic (exact) mass is 389 g/mol. The van der Waals surface area contributed by atoms with Gasteiger partial charge in [-0.2, -0.15) is 0 Å². The first kappa shape index (κ1) is 19.0. The molecule has 0 saturated carbocycles. The summed E-state index contributed by atoms with van der Waals surface area (Å²) in [6, 6.07) is 2.91. The van der Waals surface area contributed by atoms with E-state index in [9.17, 15) is 28.8 Å². The second-order valence-electron chi connectivity index (χ2n) is 6.11. The predicted molar refractivity (Wildman–Crippen MR) is 89.3 cm³/mol. The van der Waals surface area contributed by atoms with Crippen molar-refractivity contribution in [2.75, 3.05) is 13.2 Å². The lowest BCUT2D eigenvalue weighted by Crippen LogP contribution is -2.54. The van der Waals surface area contributed by atoms with Gasteiger partial charge >= 0.3 is 5.97 Å². The Bertz CT molecular complexity index is 910. The molecule has 146 valence electrons. The first-order chi connectivity index (χ1) is 13.3. The van der Waals surface area contributed by atoms with Crippen molar-refractivity contribution >= 4 is 35.5 Å². The second-order valence-corrected chi connectivity index (χ2v) is 6.11. The molecule has 0 aromatic heterocycles. The van der Waals surface area contributed by atoms with Crippen LogP contribution in [-0.4, -0.2) is 64.7 Å². The second kappa shape index (κ2) is 7.47. The summed E-state index contributed by atoms with van der Waals surface area (Å²) in [6.07, 6.45) is 0.0624. The van der Waals surface area contributed by atoms with E-state index in [0.29, 0.717) is 0 Å². The van der Waals surface area contributed by atoms with Crippen molar-refractivity contribution in [3.63, 3.8) is 0 Å². The highest BCUT2D eigenvalue weighted by atomic mass is 16.5. The zero-order chi connectivity index (χ0) is 20.4. The molecule has 5 amide bonds. The summed E-state index contributed by atoms with van der Waals surface area (Å²) >= 11 is 0. The van der Waals surface area contributed by atoms with Crippen molar-refractivity contribution < 1.29 is 38.6 Å². The van der Waals surface area contributed by atoms with Gasteiger partial charge in [0, 0.05) is 6.42 Å². The molecule has 1 aromatic rings. The summed E-state index contributed by atoms with van der Waals surface area (Å²) < 4.78 is 5.21. The number of ether oxygens (including phenoxy) is 1. The van der Waals surface area contributed by atoms with Crippen molar-refractivity contribution in [3.05, 3.63) is 29.3 Å². The minimum absolute atomic E-state index is 0.0122. The summed E-state index contributed by atoms with van der Waals surface area (Å²) in [6.45, 7) is -1.04. The summed E-state index contributed by atoms with van der Waals surface area (Å²) in [5, 5.41) is 12.7. The summed E-state index contributed by atoms with van der Waals surface area (Å²) in [7, 11) is 0. The summed E-state index contributed by atoms with van der Waals surface area (Å²) in [5.74, 6) is -4.28. The van der Waals surface area contributed by atoms with Crippen LogP contribution in [0.15, 0.2) is 18.2 Å². The van der Waals surface area contributed by atoms with Gasteiger partial charge in [-0.05, 0) is 24.6 Å². The lowest BCUT2D eigenvalue weighted by molar-refractivity contribution is -0.138. The van der Waals surface area contributed by atoms with Gasteiger partial charge in [0.05, 0.1) is 11.1 Å². The summed E-state index contributed by atoms with van der Waals surface area (Å²) in [4.78, 5) is 71.2. The average Bonchev–Trinajstić information content (AvgIpc) is 2.89. The van der Waals surface area contributed by atoms with E-state index in [4.69, 9.17) is 9.84 Å². The maximum Gasteiger partial charge on any atom is 0.322 e. The molecule has 2 aliphatic heterocycles. The smallest absolute Gasteiger partial charge is 0.322 e. The molecule has 1 aromatic carbocycles. The maximum absolute atomic E-state index is 12.6. The molecular formula is C17H15N3O8. The molecule has 0 aliphatic carbocycles. The van der Waals surface area contributed by atoms with Crippen LogP contribution in [0.3, 0.4) is 0 Å². The fraction of sp³-hybridized carbons (Fsp3) is 0.294. The largest absolute Gasteiger partial charge is 0.484 e. The Morgan fingerprint density at radius 3 is 2.57 bits per heavy atom. The predicted octanol–water partition coefficient (Wildman–Crippen LogP) is -1.33. The molecule has 1 fully saturated rings. The van der Waals surface area contributed by atoms with Crippen LogP contribution in [0.4, 0.5) is 0 Å². The van der Waals surface area contributed by atoms with Crippen LogP contribution in [0.2, 0.25) is 0 Å². The third-order valence-electron chi connectivity index (χ3n) is 4.22. The van der Waals surface area contributed by atoms with Crippen molar-refractivity contribution in [1.82, 2.24) is 15.5 Å². The molecule has 11 nitrogen and oxygen atoms in total. The zero-order valence-electron chi connectivity index (χ0n) is 14.4. The number of rotatable bonds is 6. The molecule has 1 saturated heterocycles. The zero-order valence-corrected chi connectivity index (χ0v) is 14.4. The Labute approximate surface area is 157 Å². The molecule has 3 rings (SSSR count). The van der Waals surface area contributed by atoms with Crippen LogP contribution in [0.25, 0.3) is 0 Å². The maximum atomic E-state index is 12.6. The molecule has 0 radical (unpaired) electrons. The van der Waals surface area contributed by atoms with Gasteiger partial charge < -0.3 is 15.2 Å². The van der Waals surface area contributed by atoms with Gasteiger partial charge in [-0.25, -0.2) is 0 Å². The number of aliphatic carboxylic acids is 1. The molecule has 1 atom stereocenters. The first-order valence-corrected chi connectivity index (χ1v) is 8.25. The Balaban J connectivity index is 1.71. The molecule has 0 spiro atoms. The number of fused-ring (bicyclic) bond motifs is 1. The lowest BCUT2D eigenvalue weighted by atomic mass is 10.0. The molecule has 2 heterocycles. The van der Waals surface area contributed by atoms with Crippen molar-refractivity contribution in [1.29, 1.82) is 0 Å². The van der Waals surface area contributed by atoms with Gasteiger partial charge in [0.2, 0.25) is 11.8 Å². The summed E-state index contributed by atoms with van der Waals surface area (Å²) in [5.41, 5.74) is 0.0931. The normalized spacial score (nSPS) is 18.6. The number of carbonyl (C=O) groups excluding carboxylic acids is 5. The number of nitrogens with one attached hydrogen (secondary N) is 2. The number of nitrogens with zero attached hydrogens (tertiary/aromatic N) is 1. The lowest BCUT2D eigenvalue weighted by Gasteiger charge is -2.27. The van der Waals surface area contributed by atoms with Gasteiger partial charge in [0.15, 0.2) is 6.61 Å². The van der Waals surface area contributed by atoms with E-state index >= 15 is 0 Å². The number of hydrogen-bond acceptors (Lipinski definition) is 7. The standard InChI is InChI=1S/C17H15N3O8/c21-12-4-3-11(15(25)19-12)20-16(26)9-2-1-8(5-10(9)17(20)27)28-7-13(22)18-6-14(23)24/h1-2,5,11H,3-4,6-7H2,(H,18,22)(H,23,24)(H,19,21,25). The average molecular weight is 389 g/mol. The van der Waals surface area contributed by atoms with Gasteiger partial charge in [-0.3, -0.25) is 39.0 Å². The highest BCUT2D eigenvalue weighted by Gasteiger charge is 2.44. The molecule has 28 heavy (non-hydrogen) atoms. The fourth-order valence-corrected chi connectivity index (χ4v) is 2.91. The minimum Gasteiger partial charge on any atom is -0.484 e. The first-order valence-electron chi connectivity index (χ1n) is 8.25. The third-order valence-corrected chi connectivity index (χ3v) is 4.22. The number of amides is 5. The minimum atomic E-state index is -1.21. The number of piperidine rings is 1. The van der Waals surface area contributed by atoms with Crippen LogP contribution in [0.1, 0.15) is 33.6 Å². The van der Waals surface area contributed by atoms with Crippen LogP contribution in [0, 0.1) is 0 Å². The van der Waals surface area contributed by atoms with Crippen LogP contribution < -0.4 is 15.4 Å². The van der Waals surface area contributed by atoms with Crippen molar-refractivity contribution in [3.8, 4) is 5.75 Å². The molecule has 2 aliphatic rings. The van der Waals surface area contributed by atoms with E-state index in [-0.39, 0.29) is 29.7 Å². The Kier molecular flexibility index (Phi) is 5.07. The van der Waals surface area contributed by atoms with Crippen molar-refractivity contribution in [2.24, 2.45) is 0 Å². The quantitative estimate of drug-likeness (QED) is 0.505. The molecular weight excluding hydrogens is 374 g/mol. The third kappa shape index (κ3) is 3.68. The van der Waals surface area contributed by atoms with E-state index in [2.05, 4.69) is 10.6 Å². The van der Waals surface area contributed by atoms with Gasteiger partial charge in [0.1, 0.15) is 18.3 Å². The molecule has 0 bridgehead atoms. The number of carboxylic acids is 1. The molecule has 1 unspecified atom stereocenters. The highest BCUT2D eigenvalue weighted by molar-refractivity contribution is 6.23. The van der Waals surface area contributed by atoms with Gasteiger partial charge in [0.25, 0.3) is 17.7 Å². The van der Waals surface area contributed by atoms with Crippen molar-refractivity contribution in [2.45, 2.75) is 18.9 Å². The Morgan fingerprint density at radius 1 is 1.18 bits per heavy atom. The van der Waals surface area contributed by atoms with Crippen LogP contribution >= 0.6 is 0 Å². The van der Waals surface area contributed by atoms with Crippen LogP contribution in [-0.2, 0) is 19.2 Å². The van der Waals surface area contributed by atoms with E-state index in [1.807, 2.05) is 0 Å². The number of carboxylic acid groups (broad SMARTS) is 1. The van der Waals surface area contributed by atoms with Gasteiger partial charge in [-0.15, -0.1) is 0 Å².